The van der Waals surface area contributed by atoms with Crippen molar-refractivity contribution in [1.82, 2.24) is 14.8 Å². The number of hydrogen-bond acceptors (Lipinski definition) is 4. The van der Waals surface area contributed by atoms with Crippen LogP contribution < -0.4 is 10.6 Å². The minimum Gasteiger partial charge on any atom is -0.351 e. The number of carbonyl (C=O) groups is 1. The number of rotatable bonds is 4. The van der Waals surface area contributed by atoms with Crippen LogP contribution in [0.4, 0.5) is 11.6 Å². The second-order valence-electron chi connectivity index (χ2n) is 7.61. The molecule has 0 saturated heterocycles. The van der Waals surface area contributed by atoms with E-state index in [1.807, 2.05) is 41.9 Å². The highest BCUT2D eigenvalue weighted by molar-refractivity contribution is 5.94. The molecule has 1 amide bonds. The molecule has 144 valence electrons. The standard InChI is InChI=1S/C22H25N5O/c1-14(2)16-9-11-17(12-10-16)20-19(15(3)25-22-23-13-24-27(20)22)21(28)26-18-7-5-4-6-8-18/h4-15,19-20H,1-3H3,(H,26,28)(H,23,24,25). The third-order valence-corrected chi connectivity index (χ3v) is 5.36. The Bertz CT molecular complexity index is 949. The van der Waals surface area contributed by atoms with Crippen LogP contribution in [0.3, 0.4) is 0 Å². The number of fused-ring (bicyclic) bond motifs is 1. The number of nitrogens with one attached hydrogen (secondary N) is 2. The van der Waals surface area contributed by atoms with Crippen molar-refractivity contribution >= 4 is 17.5 Å². The molecular weight excluding hydrogens is 350 g/mol. The maximum atomic E-state index is 13.3. The molecule has 3 atom stereocenters. The van der Waals surface area contributed by atoms with E-state index in [2.05, 4.69) is 58.8 Å². The van der Waals surface area contributed by atoms with E-state index < -0.39 is 0 Å². The minimum absolute atomic E-state index is 0.0368. The Balaban J connectivity index is 1.71. The Morgan fingerprint density at radius 3 is 2.50 bits per heavy atom. The van der Waals surface area contributed by atoms with Crippen LogP contribution in [0.5, 0.6) is 0 Å². The molecule has 2 heterocycles. The Morgan fingerprint density at radius 1 is 1.11 bits per heavy atom. The molecule has 2 aromatic carbocycles. The molecular formula is C22H25N5O. The predicted molar refractivity (Wildman–Crippen MR) is 110 cm³/mol. The second kappa shape index (κ2) is 7.46. The van der Waals surface area contributed by atoms with Gasteiger partial charge in [0.1, 0.15) is 6.33 Å². The van der Waals surface area contributed by atoms with E-state index in [1.54, 1.807) is 0 Å². The summed E-state index contributed by atoms with van der Waals surface area (Å²) in [5.41, 5.74) is 3.12. The predicted octanol–water partition coefficient (Wildman–Crippen LogP) is 4.06. The van der Waals surface area contributed by atoms with Gasteiger partial charge in [0.15, 0.2) is 0 Å². The molecule has 6 nitrogen and oxygen atoms in total. The smallest absolute Gasteiger partial charge is 0.232 e. The molecule has 3 unspecified atom stereocenters. The maximum Gasteiger partial charge on any atom is 0.232 e. The monoisotopic (exact) mass is 375 g/mol. The summed E-state index contributed by atoms with van der Waals surface area (Å²) in [5.74, 6) is 0.777. The molecule has 0 aliphatic carbocycles. The SMILES string of the molecule is CC(C)c1ccc(C2C(C(=O)Nc3ccccc3)C(C)Nc3ncnn32)cc1. The largest absolute Gasteiger partial charge is 0.351 e. The molecule has 0 radical (unpaired) electrons. The van der Waals surface area contributed by atoms with Gasteiger partial charge in [-0.25, -0.2) is 4.68 Å². The van der Waals surface area contributed by atoms with Crippen LogP contribution >= 0.6 is 0 Å². The number of anilines is 2. The van der Waals surface area contributed by atoms with Crippen molar-refractivity contribution in [3.63, 3.8) is 0 Å². The molecule has 6 heteroatoms. The Labute approximate surface area is 165 Å². The summed E-state index contributed by atoms with van der Waals surface area (Å²) < 4.78 is 1.82. The van der Waals surface area contributed by atoms with Crippen LogP contribution in [0.15, 0.2) is 60.9 Å². The zero-order valence-electron chi connectivity index (χ0n) is 16.3. The van der Waals surface area contributed by atoms with Crippen molar-refractivity contribution in [1.29, 1.82) is 0 Å². The van der Waals surface area contributed by atoms with Crippen molar-refractivity contribution in [2.24, 2.45) is 5.92 Å². The highest BCUT2D eigenvalue weighted by Gasteiger charge is 2.41. The second-order valence-corrected chi connectivity index (χ2v) is 7.61. The van der Waals surface area contributed by atoms with Gasteiger partial charge in [-0.2, -0.15) is 10.1 Å². The fourth-order valence-corrected chi connectivity index (χ4v) is 3.82. The maximum absolute atomic E-state index is 13.3. The van der Waals surface area contributed by atoms with Crippen LogP contribution in [-0.4, -0.2) is 26.7 Å². The molecule has 0 spiro atoms. The molecule has 3 aromatic rings. The summed E-state index contributed by atoms with van der Waals surface area (Å²) in [6.45, 7) is 6.36. The van der Waals surface area contributed by atoms with E-state index in [4.69, 9.17) is 0 Å². The zero-order valence-corrected chi connectivity index (χ0v) is 16.3. The Morgan fingerprint density at radius 2 is 1.82 bits per heavy atom. The van der Waals surface area contributed by atoms with Gasteiger partial charge in [-0.05, 0) is 36.1 Å². The number of hydrogen-bond donors (Lipinski definition) is 2. The van der Waals surface area contributed by atoms with E-state index in [0.29, 0.717) is 11.9 Å². The lowest BCUT2D eigenvalue weighted by Crippen LogP contribution is -2.46. The number of amides is 1. The summed E-state index contributed by atoms with van der Waals surface area (Å²) in [7, 11) is 0. The Hall–Kier alpha value is -3.15. The van der Waals surface area contributed by atoms with Crippen LogP contribution in [0.1, 0.15) is 43.9 Å². The summed E-state index contributed by atoms with van der Waals surface area (Å²) in [6, 6.07) is 17.7. The van der Waals surface area contributed by atoms with Gasteiger partial charge < -0.3 is 10.6 Å². The van der Waals surface area contributed by atoms with Crippen LogP contribution in [0, 0.1) is 5.92 Å². The molecule has 0 saturated carbocycles. The van der Waals surface area contributed by atoms with Gasteiger partial charge in [0.05, 0.1) is 12.0 Å². The molecule has 0 fully saturated rings. The van der Waals surface area contributed by atoms with E-state index in [9.17, 15) is 4.79 Å². The highest BCUT2D eigenvalue weighted by Crippen LogP contribution is 2.36. The number of para-hydroxylation sites is 1. The molecule has 1 aliphatic rings. The van der Waals surface area contributed by atoms with Crippen LogP contribution in [-0.2, 0) is 4.79 Å². The lowest BCUT2D eigenvalue weighted by atomic mass is 9.84. The van der Waals surface area contributed by atoms with E-state index >= 15 is 0 Å². The number of benzene rings is 2. The van der Waals surface area contributed by atoms with Gasteiger partial charge in [0.25, 0.3) is 0 Å². The molecule has 1 aromatic heterocycles. The average Bonchev–Trinajstić information content (AvgIpc) is 3.15. The van der Waals surface area contributed by atoms with Crippen LogP contribution in [0.2, 0.25) is 0 Å². The fraction of sp³-hybridized carbons (Fsp3) is 0.318. The normalized spacial score (nSPS) is 21.1. The molecule has 4 rings (SSSR count). The van der Waals surface area contributed by atoms with E-state index in [-0.39, 0.29) is 23.9 Å². The van der Waals surface area contributed by atoms with Gasteiger partial charge >= 0.3 is 0 Å². The van der Waals surface area contributed by atoms with Crippen molar-refractivity contribution < 1.29 is 4.79 Å². The Kier molecular flexibility index (Phi) is 4.86. The van der Waals surface area contributed by atoms with Crippen LogP contribution in [0.25, 0.3) is 0 Å². The van der Waals surface area contributed by atoms with Gasteiger partial charge in [0.2, 0.25) is 11.9 Å². The molecule has 0 bridgehead atoms. The summed E-state index contributed by atoms with van der Waals surface area (Å²) >= 11 is 0. The number of nitrogens with zero attached hydrogens (tertiary/aromatic N) is 3. The van der Waals surface area contributed by atoms with E-state index in [1.165, 1.54) is 11.9 Å². The molecule has 28 heavy (non-hydrogen) atoms. The first-order chi connectivity index (χ1) is 13.5. The van der Waals surface area contributed by atoms with Crippen molar-refractivity contribution in [2.75, 3.05) is 10.6 Å². The van der Waals surface area contributed by atoms with Crippen molar-refractivity contribution in [2.45, 2.75) is 38.8 Å². The summed E-state index contributed by atoms with van der Waals surface area (Å²) in [5, 5.41) is 10.8. The van der Waals surface area contributed by atoms with Gasteiger partial charge in [-0.15, -0.1) is 0 Å². The lowest BCUT2D eigenvalue weighted by Gasteiger charge is -2.37. The topological polar surface area (TPSA) is 71.8 Å². The van der Waals surface area contributed by atoms with Gasteiger partial charge in [0, 0.05) is 11.7 Å². The quantitative estimate of drug-likeness (QED) is 0.721. The molecule has 1 aliphatic heterocycles. The highest BCUT2D eigenvalue weighted by atomic mass is 16.2. The van der Waals surface area contributed by atoms with Gasteiger partial charge in [-0.1, -0.05) is 56.3 Å². The van der Waals surface area contributed by atoms with Crippen molar-refractivity contribution in [3.8, 4) is 0 Å². The third kappa shape index (κ3) is 3.38. The van der Waals surface area contributed by atoms with E-state index in [0.717, 1.165) is 11.3 Å². The minimum atomic E-state index is -0.334. The summed E-state index contributed by atoms with van der Waals surface area (Å²) in [6.07, 6.45) is 1.53. The first kappa shape index (κ1) is 18.2. The average molecular weight is 375 g/mol. The number of aromatic nitrogens is 3. The third-order valence-electron chi connectivity index (χ3n) is 5.36. The first-order valence-electron chi connectivity index (χ1n) is 9.66. The first-order valence-corrected chi connectivity index (χ1v) is 9.66. The number of carbonyl (C=O) groups excluding carboxylic acids is 1. The summed E-state index contributed by atoms with van der Waals surface area (Å²) in [4.78, 5) is 17.6. The lowest BCUT2D eigenvalue weighted by molar-refractivity contribution is -0.121. The van der Waals surface area contributed by atoms with Crippen molar-refractivity contribution in [3.05, 3.63) is 72.1 Å². The zero-order chi connectivity index (χ0) is 19.7. The molecule has 2 N–H and O–H groups in total. The fourth-order valence-electron chi connectivity index (χ4n) is 3.82. The van der Waals surface area contributed by atoms with Gasteiger partial charge in [-0.3, -0.25) is 4.79 Å².